The third-order valence-electron chi connectivity index (χ3n) is 4.07. The maximum atomic E-state index is 12.3. The Bertz CT molecular complexity index is 590. The van der Waals surface area contributed by atoms with Crippen molar-refractivity contribution in [2.24, 2.45) is 0 Å². The lowest BCUT2D eigenvalue weighted by Gasteiger charge is -2.38. The molecule has 2 unspecified atom stereocenters. The average molecular weight is 298 g/mol. The van der Waals surface area contributed by atoms with Crippen LogP contribution in [0.4, 0.5) is 11.4 Å². The highest BCUT2D eigenvalue weighted by Gasteiger charge is 2.23. The van der Waals surface area contributed by atoms with Crippen LogP contribution in [0.2, 0.25) is 0 Å². The number of nitrogens with zero attached hydrogens (tertiary/aromatic N) is 2. The second-order valence-corrected chi connectivity index (χ2v) is 5.81. The maximum absolute atomic E-state index is 12.3. The third kappa shape index (κ3) is 3.79. The van der Waals surface area contributed by atoms with Gasteiger partial charge in [0, 0.05) is 29.7 Å². The topological polar surface area (TPSA) is 82.2 Å². The molecule has 5 heteroatoms. The molecule has 116 valence electrons. The molecular formula is C17H22N4O. The number of nitrogens with two attached hydrogens (primary N) is 1. The zero-order valence-corrected chi connectivity index (χ0v) is 13.0. The molecule has 22 heavy (non-hydrogen) atoms. The fraction of sp³-hybridized carbons (Fsp3) is 0.412. The van der Waals surface area contributed by atoms with Crippen LogP contribution in [0.1, 0.15) is 33.1 Å². The Labute approximate surface area is 131 Å². The Morgan fingerprint density at radius 1 is 1.32 bits per heavy atom. The lowest BCUT2D eigenvalue weighted by atomic mass is 9.98. The first-order valence-corrected chi connectivity index (χ1v) is 7.57. The van der Waals surface area contributed by atoms with E-state index in [0.29, 0.717) is 23.5 Å². The summed E-state index contributed by atoms with van der Waals surface area (Å²) in [5.74, 6) is -0.391. The summed E-state index contributed by atoms with van der Waals surface area (Å²) in [4.78, 5) is 14.4. The minimum absolute atomic E-state index is 0.123. The SMILES string of the molecule is CC1CCCC(C)N1/C=C(/C#N)C(=O)Nc1ccc(N)cc1. The summed E-state index contributed by atoms with van der Waals surface area (Å²) >= 11 is 0. The second-order valence-electron chi connectivity index (χ2n) is 5.81. The first kappa shape index (κ1) is 15.9. The van der Waals surface area contributed by atoms with Crippen LogP contribution < -0.4 is 11.1 Å². The highest BCUT2D eigenvalue weighted by Crippen LogP contribution is 2.23. The van der Waals surface area contributed by atoms with Crippen molar-refractivity contribution in [1.82, 2.24) is 4.90 Å². The first-order valence-electron chi connectivity index (χ1n) is 7.57. The van der Waals surface area contributed by atoms with Crippen molar-refractivity contribution >= 4 is 17.3 Å². The number of rotatable bonds is 3. The third-order valence-corrected chi connectivity index (χ3v) is 4.07. The lowest BCUT2D eigenvalue weighted by molar-refractivity contribution is -0.112. The van der Waals surface area contributed by atoms with Gasteiger partial charge in [-0.05, 0) is 57.4 Å². The Balaban J connectivity index is 2.13. The van der Waals surface area contributed by atoms with E-state index in [1.807, 2.05) is 6.07 Å². The van der Waals surface area contributed by atoms with E-state index < -0.39 is 5.91 Å². The van der Waals surface area contributed by atoms with Gasteiger partial charge in [-0.3, -0.25) is 4.79 Å². The Kier molecular flexibility index (Phi) is 5.05. The number of hydrogen-bond donors (Lipinski definition) is 2. The number of amides is 1. The number of carbonyl (C=O) groups excluding carboxylic acids is 1. The summed E-state index contributed by atoms with van der Waals surface area (Å²) in [6.45, 7) is 4.25. The Morgan fingerprint density at radius 2 is 1.91 bits per heavy atom. The van der Waals surface area contributed by atoms with Crippen LogP contribution in [0.25, 0.3) is 0 Å². The van der Waals surface area contributed by atoms with E-state index in [2.05, 4.69) is 24.1 Å². The van der Waals surface area contributed by atoms with Gasteiger partial charge in [-0.15, -0.1) is 0 Å². The molecule has 1 aliphatic rings. The molecule has 0 saturated carbocycles. The van der Waals surface area contributed by atoms with Crippen LogP contribution >= 0.6 is 0 Å². The number of benzene rings is 1. The number of piperidine rings is 1. The first-order chi connectivity index (χ1) is 10.5. The molecule has 1 amide bonds. The summed E-state index contributed by atoms with van der Waals surface area (Å²) in [7, 11) is 0. The molecule has 0 bridgehead atoms. The number of likely N-dealkylation sites (tertiary alicyclic amines) is 1. The smallest absolute Gasteiger partial charge is 0.267 e. The quantitative estimate of drug-likeness (QED) is 0.510. The molecule has 1 aromatic rings. The Hall–Kier alpha value is -2.48. The minimum Gasteiger partial charge on any atom is -0.399 e. The van der Waals surface area contributed by atoms with Crippen molar-refractivity contribution in [1.29, 1.82) is 5.26 Å². The van der Waals surface area contributed by atoms with E-state index in [4.69, 9.17) is 5.73 Å². The molecule has 1 aliphatic heterocycles. The fourth-order valence-electron chi connectivity index (χ4n) is 2.75. The number of nitrogen functional groups attached to an aromatic ring is 1. The Morgan fingerprint density at radius 3 is 2.45 bits per heavy atom. The summed E-state index contributed by atoms with van der Waals surface area (Å²) < 4.78 is 0. The van der Waals surface area contributed by atoms with Crippen LogP contribution in [0.5, 0.6) is 0 Å². The zero-order chi connectivity index (χ0) is 16.1. The molecule has 2 rings (SSSR count). The average Bonchev–Trinajstić information content (AvgIpc) is 2.49. The summed E-state index contributed by atoms with van der Waals surface area (Å²) in [6.07, 6.45) is 5.05. The van der Waals surface area contributed by atoms with Crippen molar-refractivity contribution in [2.45, 2.75) is 45.2 Å². The van der Waals surface area contributed by atoms with Crippen LogP contribution in [-0.4, -0.2) is 22.9 Å². The highest BCUT2D eigenvalue weighted by molar-refractivity contribution is 6.06. The number of anilines is 2. The number of nitriles is 1. The lowest BCUT2D eigenvalue weighted by Crippen LogP contribution is -2.40. The molecule has 5 nitrogen and oxygen atoms in total. The molecule has 2 atom stereocenters. The monoisotopic (exact) mass is 298 g/mol. The molecule has 1 heterocycles. The van der Waals surface area contributed by atoms with Gasteiger partial charge in [0.15, 0.2) is 0 Å². The summed E-state index contributed by atoms with van der Waals surface area (Å²) in [5, 5.41) is 12.0. The van der Waals surface area contributed by atoms with Gasteiger partial charge in [0.05, 0.1) is 0 Å². The largest absolute Gasteiger partial charge is 0.399 e. The standard InChI is InChI=1S/C17H22N4O/c1-12-4-3-5-13(2)21(12)11-14(10-18)17(22)20-16-8-6-15(19)7-9-16/h6-9,11-13H,3-5,19H2,1-2H3,(H,20,22)/b14-11-. The van der Waals surface area contributed by atoms with Crippen LogP contribution in [0, 0.1) is 11.3 Å². The summed E-state index contributed by atoms with van der Waals surface area (Å²) in [5.41, 5.74) is 6.99. The van der Waals surface area contributed by atoms with Gasteiger partial charge in [0.25, 0.3) is 5.91 Å². The van der Waals surface area contributed by atoms with E-state index in [0.717, 1.165) is 12.8 Å². The molecule has 1 fully saturated rings. The van der Waals surface area contributed by atoms with Crippen molar-refractivity contribution in [2.75, 3.05) is 11.1 Å². The molecule has 0 spiro atoms. The van der Waals surface area contributed by atoms with Crippen LogP contribution in [0.15, 0.2) is 36.0 Å². The van der Waals surface area contributed by atoms with Crippen LogP contribution in [-0.2, 0) is 4.79 Å². The number of nitrogens with one attached hydrogen (secondary N) is 1. The van der Waals surface area contributed by atoms with E-state index >= 15 is 0 Å². The molecule has 0 aromatic heterocycles. The summed E-state index contributed by atoms with van der Waals surface area (Å²) in [6, 6.07) is 9.54. The highest BCUT2D eigenvalue weighted by atomic mass is 16.1. The van der Waals surface area contributed by atoms with Gasteiger partial charge in [-0.1, -0.05) is 0 Å². The predicted octanol–water partition coefficient (Wildman–Crippen LogP) is 2.88. The van der Waals surface area contributed by atoms with Gasteiger partial charge < -0.3 is 16.0 Å². The zero-order valence-electron chi connectivity index (χ0n) is 13.0. The van der Waals surface area contributed by atoms with Gasteiger partial charge in [-0.2, -0.15) is 5.26 Å². The van der Waals surface area contributed by atoms with Gasteiger partial charge in [0.2, 0.25) is 0 Å². The van der Waals surface area contributed by atoms with Crippen LogP contribution in [0.3, 0.4) is 0 Å². The van der Waals surface area contributed by atoms with Crippen molar-refractivity contribution in [3.8, 4) is 6.07 Å². The van der Waals surface area contributed by atoms with Crippen molar-refractivity contribution in [3.05, 3.63) is 36.0 Å². The normalized spacial score (nSPS) is 22.0. The molecule has 3 N–H and O–H groups in total. The number of carbonyl (C=O) groups is 1. The predicted molar refractivity (Wildman–Crippen MR) is 87.8 cm³/mol. The van der Waals surface area contributed by atoms with Gasteiger partial charge >= 0.3 is 0 Å². The molecular weight excluding hydrogens is 276 g/mol. The molecule has 1 saturated heterocycles. The van der Waals surface area contributed by atoms with Crippen molar-refractivity contribution in [3.63, 3.8) is 0 Å². The van der Waals surface area contributed by atoms with Crippen molar-refractivity contribution < 1.29 is 4.79 Å². The van der Waals surface area contributed by atoms with E-state index in [-0.39, 0.29) is 5.57 Å². The van der Waals surface area contributed by atoms with Gasteiger partial charge in [0.1, 0.15) is 11.6 Å². The molecule has 0 aliphatic carbocycles. The van der Waals surface area contributed by atoms with E-state index in [1.165, 1.54) is 6.42 Å². The molecule has 0 radical (unpaired) electrons. The number of hydrogen-bond acceptors (Lipinski definition) is 4. The fourth-order valence-corrected chi connectivity index (χ4v) is 2.75. The van der Waals surface area contributed by atoms with Gasteiger partial charge in [-0.25, -0.2) is 0 Å². The second kappa shape index (κ2) is 6.99. The van der Waals surface area contributed by atoms with E-state index in [9.17, 15) is 10.1 Å². The molecule has 1 aromatic carbocycles. The van der Waals surface area contributed by atoms with E-state index in [1.54, 1.807) is 30.5 Å². The minimum atomic E-state index is -0.391. The maximum Gasteiger partial charge on any atom is 0.267 e.